The molecule has 0 radical (unpaired) electrons. The Balaban J connectivity index is 1.63. The minimum atomic E-state index is -0.299. The number of carbonyl (C=O) groups excluding carboxylic acids is 1. The maximum absolute atomic E-state index is 13.0. The molecule has 1 N–H and O–H groups in total. The van der Waals surface area contributed by atoms with Crippen molar-refractivity contribution < 1.29 is 13.9 Å². The number of carbonyl (C=O) groups is 1. The molecule has 0 fully saturated rings. The Morgan fingerprint density at radius 3 is 2.90 bits per heavy atom. The number of nitrogens with zero attached hydrogens (tertiary/aromatic N) is 3. The van der Waals surface area contributed by atoms with Gasteiger partial charge in [0.25, 0.3) is 5.56 Å². The molecule has 4 aromatic rings. The van der Waals surface area contributed by atoms with Gasteiger partial charge in [-0.05, 0) is 29.8 Å². The van der Waals surface area contributed by atoms with Gasteiger partial charge in [0.15, 0.2) is 0 Å². The van der Waals surface area contributed by atoms with E-state index in [0.717, 1.165) is 16.9 Å². The molecule has 0 saturated carbocycles. The highest BCUT2D eigenvalue weighted by atomic mass is 16.5. The fourth-order valence-corrected chi connectivity index (χ4v) is 3.24. The van der Waals surface area contributed by atoms with Crippen LogP contribution < -0.4 is 15.6 Å². The number of furan rings is 1. The molecule has 0 aliphatic heterocycles. The van der Waals surface area contributed by atoms with Crippen LogP contribution in [-0.2, 0) is 24.9 Å². The first kappa shape index (κ1) is 18.5. The van der Waals surface area contributed by atoms with Crippen molar-refractivity contribution in [1.82, 2.24) is 19.4 Å². The van der Waals surface area contributed by atoms with E-state index in [4.69, 9.17) is 9.15 Å². The number of ether oxygens (including phenoxy) is 1. The topological polar surface area (TPSA) is 91.3 Å². The zero-order chi connectivity index (χ0) is 20.4. The molecule has 3 aromatic heterocycles. The monoisotopic (exact) mass is 392 g/mol. The summed E-state index contributed by atoms with van der Waals surface area (Å²) < 4.78 is 13.5. The van der Waals surface area contributed by atoms with Crippen molar-refractivity contribution in [3.05, 3.63) is 71.3 Å². The van der Waals surface area contributed by atoms with E-state index in [2.05, 4.69) is 10.3 Å². The molecule has 0 spiro atoms. The second kappa shape index (κ2) is 7.67. The molecule has 0 bridgehead atoms. The summed E-state index contributed by atoms with van der Waals surface area (Å²) in [6.07, 6.45) is 4.80. The van der Waals surface area contributed by atoms with Gasteiger partial charge in [0, 0.05) is 18.8 Å². The van der Waals surface area contributed by atoms with Crippen LogP contribution in [0.1, 0.15) is 5.76 Å². The Kier molecular flexibility index (Phi) is 4.90. The zero-order valence-corrected chi connectivity index (χ0v) is 16.1. The largest absolute Gasteiger partial charge is 0.497 e. The number of amides is 1. The highest BCUT2D eigenvalue weighted by Crippen LogP contribution is 2.29. The predicted octanol–water partition coefficient (Wildman–Crippen LogP) is 2.32. The number of aromatic nitrogens is 3. The average molecular weight is 392 g/mol. The van der Waals surface area contributed by atoms with Crippen molar-refractivity contribution in [3.8, 4) is 16.9 Å². The Labute approximate surface area is 166 Å². The van der Waals surface area contributed by atoms with E-state index in [-0.39, 0.29) is 24.6 Å². The molecular weight excluding hydrogens is 372 g/mol. The van der Waals surface area contributed by atoms with Crippen molar-refractivity contribution in [2.24, 2.45) is 7.05 Å². The van der Waals surface area contributed by atoms with Gasteiger partial charge in [0.2, 0.25) is 5.91 Å². The second-order valence-electron chi connectivity index (χ2n) is 6.62. The molecular formula is C21H20N4O4. The molecule has 29 heavy (non-hydrogen) atoms. The molecule has 1 amide bonds. The number of benzene rings is 1. The summed E-state index contributed by atoms with van der Waals surface area (Å²) in [4.78, 5) is 29.6. The molecule has 0 atom stereocenters. The molecule has 0 aliphatic carbocycles. The summed E-state index contributed by atoms with van der Waals surface area (Å²) in [6, 6.07) is 11.1. The van der Waals surface area contributed by atoms with Crippen molar-refractivity contribution in [3.63, 3.8) is 0 Å². The van der Waals surface area contributed by atoms with Crippen molar-refractivity contribution in [2.45, 2.75) is 13.1 Å². The molecule has 8 heteroatoms. The van der Waals surface area contributed by atoms with Gasteiger partial charge in [-0.15, -0.1) is 0 Å². The molecule has 0 saturated heterocycles. The highest BCUT2D eigenvalue weighted by molar-refractivity contribution is 5.92. The fourth-order valence-electron chi connectivity index (χ4n) is 3.24. The number of fused-ring (bicyclic) bond motifs is 1. The first-order valence-electron chi connectivity index (χ1n) is 9.05. The van der Waals surface area contributed by atoms with Crippen LogP contribution in [0.4, 0.5) is 0 Å². The maximum atomic E-state index is 13.0. The van der Waals surface area contributed by atoms with Gasteiger partial charge in [-0.2, -0.15) is 0 Å². The lowest BCUT2D eigenvalue weighted by Crippen LogP contribution is -2.32. The summed E-state index contributed by atoms with van der Waals surface area (Å²) in [5.41, 5.74) is 2.46. The van der Waals surface area contributed by atoms with Crippen molar-refractivity contribution in [1.29, 1.82) is 0 Å². The first-order valence-corrected chi connectivity index (χ1v) is 9.05. The third kappa shape index (κ3) is 3.64. The van der Waals surface area contributed by atoms with E-state index in [0.29, 0.717) is 16.8 Å². The first-order chi connectivity index (χ1) is 14.1. The van der Waals surface area contributed by atoms with E-state index >= 15 is 0 Å². The second-order valence-corrected chi connectivity index (χ2v) is 6.62. The van der Waals surface area contributed by atoms with Gasteiger partial charge >= 0.3 is 0 Å². The zero-order valence-electron chi connectivity index (χ0n) is 16.1. The number of nitrogens with one attached hydrogen (secondary N) is 1. The van der Waals surface area contributed by atoms with Crippen LogP contribution in [-0.4, -0.2) is 27.1 Å². The fraction of sp³-hybridized carbons (Fsp3) is 0.190. The minimum Gasteiger partial charge on any atom is -0.497 e. The molecule has 0 unspecified atom stereocenters. The van der Waals surface area contributed by atoms with Crippen LogP contribution in [0.5, 0.6) is 5.75 Å². The number of hydrogen-bond donors (Lipinski definition) is 1. The van der Waals surface area contributed by atoms with Gasteiger partial charge in [0.05, 0.1) is 26.2 Å². The molecule has 1 aromatic carbocycles. The van der Waals surface area contributed by atoms with Crippen LogP contribution >= 0.6 is 0 Å². The summed E-state index contributed by atoms with van der Waals surface area (Å²) >= 11 is 0. The maximum Gasteiger partial charge on any atom is 0.278 e. The Bertz CT molecular complexity index is 1220. The van der Waals surface area contributed by atoms with Crippen LogP contribution in [0.2, 0.25) is 0 Å². The Morgan fingerprint density at radius 2 is 2.14 bits per heavy atom. The number of rotatable bonds is 6. The summed E-state index contributed by atoms with van der Waals surface area (Å²) in [5.74, 6) is 1.07. The lowest BCUT2D eigenvalue weighted by atomic mass is 10.1. The van der Waals surface area contributed by atoms with E-state index in [1.807, 2.05) is 30.5 Å². The van der Waals surface area contributed by atoms with Crippen LogP contribution in [0, 0.1) is 0 Å². The minimum absolute atomic E-state index is 0.123. The quantitative estimate of drug-likeness (QED) is 0.544. The van der Waals surface area contributed by atoms with Gasteiger partial charge in [0.1, 0.15) is 29.1 Å². The molecule has 3 heterocycles. The Morgan fingerprint density at radius 1 is 1.28 bits per heavy atom. The lowest BCUT2D eigenvalue weighted by Gasteiger charge is -2.07. The molecule has 148 valence electrons. The Hall–Kier alpha value is -3.81. The van der Waals surface area contributed by atoms with Crippen LogP contribution in [0.25, 0.3) is 22.2 Å². The van der Waals surface area contributed by atoms with Crippen LogP contribution in [0.15, 0.2) is 64.4 Å². The van der Waals surface area contributed by atoms with Gasteiger partial charge in [-0.25, -0.2) is 4.98 Å². The van der Waals surface area contributed by atoms with Gasteiger partial charge in [-0.3, -0.25) is 14.2 Å². The van der Waals surface area contributed by atoms with Crippen molar-refractivity contribution >= 4 is 16.9 Å². The summed E-state index contributed by atoms with van der Waals surface area (Å²) in [5, 5.41) is 2.73. The van der Waals surface area contributed by atoms with E-state index in [1.165, 1.54) is 10.9 Å². The van der Waals surface area contributed by atoms with E-state index in [9.17, 15) is 9.59 Å². The van der Waals surface area contributed by atoms with Crippen molar-refractivity contribution in [2.75, 3.05) is 7.11 Å². The third-order valence-electron chi connectivity index (χ3n) is 4.68. The van der Waals surface area contributed by atoms with Gasteiger partial charge < -0.3 is 19.0 Å². The highest BCUT2D eigenvalue weighted by Gasteiger charge is 2.16. The van der Waals surface area contributed by atoms with E-state index in [1.54, 1.807) is 37.1 Å². The predicted molar refractivity (Wildman–Crippen MR) is 108 cm³/mol. The molecule has 0 aliphatic rings. The summed E-state index contributed by atoms with van der Waals surface area (Å²) in [7, 11) is 3.40. The summed E-state index contributed by atoms with van der Waals surface area (Å²) in [6.45, 7) is 0.141. The standard InChI is InChI=1S/C21H20N4O4/c1-24-11-17(14-5-3-6-15(9-14)28-2)19-20(24)21(27)25(13-23-19)12-18(26)22-10-16-7-4-8-29-16/h3-9,11,13H,10,12H2,1-2H3,(H,22,26). The normalized spacial score (nSPS) is 11.0. The number of hydrogen-bond acceptors (Lipinski definition) is 5. The lowest BCUT2D eigenvalue weighted by molar-refractivity contribution is -0.122. The molecule has 4 rings (SSSR count). The van der Waals surface area contributed by atoms with Gasteiger partial charge in [-0.1, -0.05) is 12.1 Å². The number of methoxy groups -OCH3 is 1. The third-order valence-corrected chi connectivity index (χ3v) is 4.68. The average Bonchev–Trinajstić information content (AvgIpc) is 3.36. The van der Waals surface area contributed by atoms with Crippen LogP contribution in [0.3, 0.4) is 0 Å². The smallest absolute Gasteiger partial charge is 0.278 e. The SMILES string of the molecule is COc1cccc(-c2cn(C)c3c(=O)n(CC(=O)NCc4ccco4)cnc23)c1. The molecule has 8 nitrogen and oxygen atoms in total. The van der Waals surface area contributed by atoms with E-state index < -0.39 is 0 Å². The number of aryl methyl sites for hydroxylation is 1.